The highest BCUT2D eigenvalue weighted by molar-refractivity contribution is 7.91. The molecule has 1 aromatic carbocycles. The number of amides is 1. The van der Waals surface area contributed by atoms with Crippen molar-refractivity contribution in [2.75, 3.05) is 16.8 Å². The summed E-state index contributed by atoms with van der Waals surface area (Å²) in [4.78, 5) is 21.7. The van der Waals surface area contributed by atoms with Gasteiger partial charge in [-0.05, 0) is 30.2 Å². The van der Waals surface area contributed by atoms with E-state index in [1.54, 1.807) is 24.5 Å². The van der Waals surface area contributed by atoms with E-state index in [2.05, 4.69) is 20.6 Å². The van der Waals surface area contributed by atoms with E-state index in [1.807, 2.05) is 42.5 Å². The second-order valence-corrected chi connectivity index (χ2v) is 9.48. The van der Waals surface area contributed by atoms with Crippen LogP contribution < -0.4 is 10.6 Å². The van der Waals surface area contributed by atoms with E-state index in [1.165, 1.54) is 0 Å². The first-order valence-electron chi connectivity index (χ1n) is 9.71. The smallest absolute Gasteiger partial charge is 0.255 e. The summed E-state index contributed by atoms with van der Waals surface area (Å²) >= 11 is 0. The number of hydrogen-bond donors (Lipinski definition) is 2. The summed E-state index contributed by atoms with van der Waals surface area (Å²) in [6.45, 7) is 0.456. The maximum atomic E-state index is 12.9. The molecule has 0 radical (unpaired) electrons. The van der Waals surface area contributed by atoms with Crippen LogP contribution in [-0.2, 0) is 16.4 Å². The van der Waals surface area contributed by atoms with E-state index in [0.29, 0.717) is 24.3 Å². The summed E-state index contributed by atoms with van der Waals surface area (Å²) in [7, 11) is -3.08. The fourth-order valence-electron chi connectivity index (χ4n) is 3.41. The standard InChI is InChI=1S/C22H22N4O3S/c27-22(25-18-10-12-30(28,29)15-18)19-8-9-20(17-6-2-1-3-7-17)26-21(19)24-14-16-5-4-11-23-13-16/h1-9,11,13,18H,10,12,14-15H2,(H,24,26)(H,25,27). The molecule has 7 nitrogen and oxygen atoms in total. The number of hydrogen-bond acceptors (Lipinski definition) is 6. The third kappa shape index (κ3) is 4.83. The van der Waals surface area contributed by atoms with Gasteiger partial charge in [0, 0.05) is 30.5 Å². The summed E-state index contributed by atoms with van der Waals surface area (Å²) < 4.78 is 23.4. The van der Waals surface area contributed by atoms with E-state index < -0.39 is 9.84 Å². The van der Waals surface area contributed by atoms with Crippen LogP contribution in [0.4, 0.5) is 5.82 Å². The Morgan fingerprint density at radius 3 is 2.60 bits per heavy atom. The van der Waals surface area contributed by atoms with Gasteiger partial charge in [-0.2, -0.15) is 0 Å². The molecule has 2 N–H and O–H groups in total. The summed E-state index contributed by atoms with van der Waals surface area (Å²) in [5.74, 6) is 0.193. The Balaban J connectivity index is 1.60. The van der Waals surface area contributed by atoms with Crippen LogP contribution in [0.1, 0.15) is 22.3 Å². The van der Waals surface area contributed by atoms with Crippen molar-refractivity contribution in [3.05, 3.63) is 78.1 Å². The van der Waals surface area contributed by atoms with Crippen molar-refractivity contribution >= 4 is 21.6 Å². The van der Waals surface area contributed by atoms with Crippen LogP contribution >= 0.6 is 0 Å². The molecule has 0 aliphatic carbocycles. The number of rotatable bonds is 6. The zero-order valence-corrected chi connectivity index (χ0v) is 17.1. The van der Waals surface area contributed by atoms with Gasteiger partial charge in [-0.1, -0.05) is 36.4 Å². The summed E-state index contributed by atoms with van der Waals surface area (Å²) in [6, 6.07) is 16.6. The van der Waals surface area contributed by atoms with Crippen molar-refractivity contribution in [3.8, 4) is 11.3 Å². The van der Waals surface area contributed by atoms with Gasteiger partial charge < -0.3 is 10.6 Å². The van der Waals surface area contributed by atoms with Gasteiger partial charge >= 0.3 is 0 Å². The second-order valence-electron chi connectivity index (χ2n) is 7.25. The third-order valence-electron chi connectivity index (χ3n) is 4.96. The van der Waals surface area contributed by atoms with Gasteiger partial charge in [-0.15, -0.1) is 0 Å². The van der Waals surface area contributed by atoms with Crippen molar-refractivity contribution in [1.29, 1.82) is 0 Å². The Morgan fingerprint density at radius 2 is 1.90 bits per heavy atom. The van der Waals surface area contributed by atoms with Gasteiger partial charge in [-0.3, -0.25) is 9.78 Å². The number of carbonyl (C=O) groups is 1. The topological polar surface area (TPSA) is 101 Å². The minimum absolute atomic E-state index is 0.0211. The lowest BCUT2D eigenvalue weighted by atomic mass is 10.1. The molecule has 8 heteroatoms. The Bertz CT molecular complexity index is 1140. The molecule has 1 aliphatic rings. The van der Waals surface area contributed by atoms with E-state index in [-0.39, 0.29) is 23.5 Å². The quantitative estimate of drug-likeness (QED) is 0.633. The van der Waals surface area contributed by atoms with E-state index >= 15 is 0 Å². The zero-order chi connectivity index (χ0) is 21.0. The lowest BCUT2D eigenvalue weighted by molar-refractivity contribution is 0.0941. The van der Waals surface area contributed by atoms with Crippen molar-refractivity contribution in [2.24, 2.45) is 0 Å². The first kappa shape index (κ1) is 20.0. The SMILES string of the molecule is O=C(NC1CCS(=O)(=O)C1)c1ccc(-c2ccccc2)nc1NCc1cccnc1. The monoisotopic (exact) mass is 422 g/mol. The fourth-order valence-corrected chi connectivity index (χ4v) is 5.08. The molecule has 0 spiro atoms. The van der Waals surface area contributed by atoms with Crippen LogP contribution in [0.15, 0.2) is 67.0 Å². The predicted octanol–water partition coefficient (Wildman–Crippen LogP) is 2.67. The molecular formula is C22H22N4O3S. The van der Waals surface area contributed by atoms with Crippen molar-refractivity contribution < 1.29 is 13.2 Å². The Hall–Kier alpha value is -3.26. The highest BCUT2D eigenvalue weighted by Gasteiger charge is 2.29. The van der Waals surface area contributed by atoms with Crippen LogP contribution in [0.3, 0.4) is 0 Å². The largest absolute Gasteiger partial charge is 0.365 e. The molecule has 3 heterocycles. The number of carbonyl (C=O) groups excluding carboxylic acids is 1. The number of aromatic nitrogens is 2. The molecule has 1 fully saturated rings. The zero-order valence-electron chi connectivity index (χ0n) is 16.3. The van der Waals surface area contributed by atoms with Crippen molar-refractivity contribution in [2.45, 2.75) is 19.0 Å². The van der Waals surface area contributed by atoms with Crippen LogP contribution in [0.5, 0.6) is 0 Å². The lowest BCUT2D eigenvalue weighted by Crippen LogP contribution is -2.36. The maximum Gasteiger partial charge on any atom is 0.255 e. The molecule has 1 unspecified atom stereocenters. The highest BCUT2D eigenvalue weighted by atomic mass is 32.2. The minimum atomic E-state index is -3.08. The highest BCUT2D eigenvalue weighted by Crippen LogP contribution is 2.23. The van der Waals surface area contributed by atoms with Gasteiger partial charge in [-0.25, -0.2) is 13.4 Å². The molecule has 2 aromatic heterocycles. The molecule has 154 valence electrons. The second kappa shape index (κ2) is 8.62. The third-order valence-corrected chi connectivity index (χ3v) is 6.73. The van der Waals surface area contributed by atoms with Crippen LogP contribution in [0.2, 0.25) is 0 Å². The van der Waals surface area contributed by atoms with E-state index in [4.69, 9.17) is 0 Å². The number of nitrogens with zero attached hydrogens (tertiary/aromatic N) is 2. The predicted molar refractivity (Wildman–Crippen MR) is 116 cm³/mol. The maximum absolute atomic E-state index is 12.9. The van der Waals surface area contributed by atoms with Gasteiger partial charge in [0.05, 0.1) is 22.8 Å². The summed E-state index contributed by atoms with van der Waals surface area (Å²) in [6.07, 6.45) is 3.88. The fraction of sp³-hybridized carbons (Fsp3) is 0.227. The molecular weight excluding hydrogens is 400 g/mol. The number of nitrogens with one attached hydrogen (secondary N) is 2. The summed E-state index contributed by atoms with van der Waals surface area (Å²) in [5.41, 5.74) is 3.01. The molecule has 4 rings (SSSR count). The molecule has 1 atom stereocenters. The average Bonchev–Trinajstić information content (AvgIpc) is 3.11. The number of sulfone groups is 1. The Labute approximate surface area is 175 Å². The number of benzene rings is 1. The van der Waals surface area contributed by atoms with Gasteiger partial charge in [0.1, 0.15) is 5.82 Å². The van der Waals surface area contributed by atoms with Crippen molar-refractivity contribution in [1.82, 2.24) is 15.3 Å². The Morgan fingerprint density at radius 1 is 1.07 bits per heavy atom. The van der Waals surface area contributed by atoms with Crippen LogP contribution in [0, 0.1) is 0 Å². The molecule has 30 heavy (non-hydrogen) atoms. The minimum Gasteiger partial charge on any atom is -0.365 e. The molecule has 0 saturated carbocycles. The Kier molecular flexibility index (Phi) is 5.76. The van der Waals surface area contributed by atoms with Crippen LogP contribution in [-0.4, -0.2) is 41.8 Å². The molecule has 1 amide bonds. The average molecular weight is 423 g/mol. The molecule has 0 bridgehead atoms. The first-order valence-corrected chi connectivity index (χ1v) is 11.5. The van der Waals surface area contributed by atoms with Gasteiger partial charge in [0.15, 0.2) is 9.84 Å². The molecule has 3 aromatic rings. The van der Waals surface area contributed by atoms with Gasteiger partial charge in [0.2, 0.25) is 0 Å². The number of anilines is 1. The van der Waals surface area contributed by atoms with Gasteiger partial charge in [0.25, 0.3) is 5.91 Å². The van der Waals surface area contributed by atoms with E-state index in [9.17, 15) is 13.2 Å². The first-order chi connectivity index (χ1) is 14.5. The number of pyridine rings is 2. The normalized spacial score (nSPS) is 17.4. The van der Waals surface area contributed by atoms with Crippen molar-refractivity contribution in [3.63, 3.8) is 0 Å². The molecule has 1 saturated heterocycles. The molecule has 1 aliphatic heterocycles. The summed E-state index contributed by atoms with van der Waals surface area (Å²) in [5, 5.41) is 6.07. The lowest BCUT2D eigenvalue weighted by Gasteiger charge is -2.15. The van der Waals surface area contributed by atoms with Crippen LogP contribution in [0.25, 0.3) is 11.3 Å². The van der Waals surface area contributed by atoms with E-state index in [0.717, 1.165) is 16.8 Å².